The van der Waals surface area contributed by atoms with E-state index >= 15 is 0 Å². The topological polar surface area (TPSA) is 105 Å². The van der Waals surface area contributed by atoms with Gasteiger partial charge in [-0.3, -0.25) is 4.79 Å². The van der Waals surface area contributed by atoms with Crippen molar-refractivity contribution in [1.29, 1.82) is 0 Å². The number of carboxylic acids is 1. The number of nitrogens with one attached hydrogen (secondary N) is 2. The normalized spacial score (nSPS) is 12.3. The molecule has 0 aromatic heterocycles. The summed E-state index contributed by atoms with van der Waals surface area (Å²) < 4.78 is 5.06. The van der Waals surface area contributed by atoms with Gasteiger partial charge < -0.3 is 20.5 Å². The highest BCUT2D eigenvalue weighted by molar-refractivity contribution is 5.80. The lowest BCUT2D eigenvalue weighted by Gasteiger charge is -2.22. The maximum Gasteiger partial charge on any atom is 0.408 e. The monoisotopic (exact) mass is 358 g/mol. The van der Waals surface area contributed by atoms with Crippen LogP contribution in [0.15, 0.2) is 0 Å². The van der Waals surface area contributed by atoms with Crippen molar-refractivity contribution in [1.82, 2.24) is 10.6 Å². The second kappa shape index (κ2) is 12.6. The molecular weight excluding hydrogens is 324 g/mol. The van der Waals surface area contributed by atoms with E-state index in [0.717, 1.165) is 25.7 Å². The van der Waals surface area contributed by atoms with Crippen molar-refractivity contribution in [2.24, 2.45) is 0 Å². The maximum absolute atomic E-state index is 11.6. The van der Waals surface area contributed by atoms with Crippen molar-refractivity contribution >= 4 is 18.0 Å². The molecule has 2 amide bonds. The molecule has 0 aromatic rings. The SMILES string of the molecule is CCCCCCC(=O)NCCCC[C@H](NC(=O)OC(C)(C)C)C(=O)O. The number of ether oxygens (including phenoxy) is 1. The molecule has 0 aliphatic heterocycles. The third-order valence-corrected chi connectivity index (χ3v) is 3.49. The summed E-state index contributed by atoms with van der Waals surface area (Å²) in [7, 11) is 0. The van der Waals surface area contributed by atoms with E-state index in [1.54, 1.807) is 20.8 Å². The predicted octanol–water partition coefficient (Wildman–Crippen LogP) is 3.22. The molecule has 0 aliphatic carbocycles. The molecule has 0 bridgehead atoms. The number of rotatable bonds is 12. The lowest BCUT2D eigenvalue weighted by atomic mass is 10.1. The summed E-state index contributed by atoms with van der Waals surface area (Å²) >= 11 is 0. The first kappa shape index (κ1) is 23.2. The fraction of sp³-hybridized carbons (Fsp3) is 0.833. The first-order chi connectivity index (χ1) is 11.7. The first-order valence-electron chi connectivity index (χ1n) is 9.14. The summed E-state index contributed by atoms with van der Waals surface area (Å²) in [5.74, 6) is -1.05. The van der Waals surface area contributed by atoms with E-state index in [1.807, 2.05) is 0 Å². The molecule has 0 saturated carbocycles. The molecule has 25 heavy (non-hydrogen) atoms. The van der Waals surface area contributed by atoms with Crippen LogP contribution in [0.4, 0.5) is 4.79 Å². The molecule has 3 N–H and O–H groups in total. The largest absolute Gasteiger partial charge is 0.480 e. The summed E-state index contributed by atoms with van der Waals surface area (Å²) in [5, 5.41) is 14.4. The van der Waals surface area contributed by atoms with Gasteiger partial charge in [-0.05, 0) is 46.5 Å². The summed E-state index contributed by atoms with van der Waals surface area (Å²) in [4.78, 5) is 34.5. The minimum absolute atomic E-state index is 0.0396. The van der Waals surface area contributed by atoms with Crippen LogP contribution in [0.25, 0.3) is 0 Å². The fourth-order valence-electron chi connectivity index (χ4n) is 2.21. The first-order valence-corrected chi connectivity index (χ1v) is 9.14. The summed E-state index contributed by atoms with van der Waals surface area (Å²) in [5.41, 5.74) is -0.672. The molecule has 146 valence electrons. The molecule has 0 spiro atoms. The maximum atomic E-state index is 11.6. The summed E-state index contributed by atoms with van der Waals surface area (Å²) in [6, 6.07) is -0.986. The molecule has 0 rings (SSSR count). The zero-order chi connectivity index (χ0) is 19.3. The van der Waals surface area contributed by atoms with E-state index in [9.17, 15) is 14.4 Å². The van der Waals surface area contributed by atoms with E-state index in [4.69, 9.17) is 9.84 Å². The summed E-state index contributed by atoms with van der Waals surface area (Å²) in [6.07, 6.45) is 5.61. The molecule has 0 unspecified atom stereocenters. The molecule has 0 aromatic carbocycles. The van der Waals surface area contributed by atoms with Crippen molar-refractivity contribution in [2.45, 2.75) is 90.7 Å². The molecule has 0 heterocycles. The Morgan fingerprint density at radius 3 is 2.28 bits per heavy atom. The van der Waals surface area contributed by atoms with Gasteiger partial charge in [0.25, 0.3) is 0 Å². The van der Waals surface area contributed by atoms with E-state index < -0.39 is 23.7 Å². The van der Waals surface area contributed by atoms with Gasteiger partial charge >= 0.3 is 12.1 Å². The van der Waals surface area contributed by atoms with E-state index in [0.29, 0.717) is 32.2 Å². The average molecular weight is 358 g/mol. The van der Waals surface area contributed by atoms with Crippen molar-refractivity contribution in [3.05, 3.63) is 0 Å². The van der Waals surface area contributed by atoms with Crippen LogP contribution in [0, 0.1) is 0 Å². The zero-order valence-electron chi connectivity index (χ0n) is 16.0. The number of carbonyl (C=O) groups is 3. The summed E-state index contributed by atoms with van der Waals surface area (Å²) in [6.45, 7) is 7.79. The van der Waals surface area contributed by atoms with E-state index in [1.165, 1.54) is 0 Å². The zero-order valence-corrected chi connectivity index (χ0v) is 16.0. The number of carbonyl (C=O) groups excluding carboxylic acids is 2. The van der Waals surface area contributed by atoms with Gasteiger partial charge in [0.05, 0.1) is 0 Å². The van der Waals surface area contributed by atoms with Crippen LogP contribution in [0.5, 0.6) is 0 Å². The Bertz CT molecular complexity index is 418. The molecular formula is C18H34N2O5. The van der Waals surface area contributed by atoms with Crippen LogP contribution >= 0.6 is 0 Å². The Hall–Kier alpha value is -1.79. The molecule has 7 nitrogen and oxygen atoms in total. The molecule has 0 radical (unpaired) electrons. The van der Waals surface area contributed by atoms with Crippen molar-refractivity contribution in [3.8, 4) is 0 Å². The Balaban J connectivity index is 3.92. The number of hydrogen-bond acceptors (Lipinski definition) is 4. The highest BCUT2D eigenvalue weighted by atomic mass is 16.6. The molecule has 0 aliphatic rings. The fourth-order valence-corrected chi connectivity index (χ4v) is 2.21. The van der Waals surface area contributed by atoms with Crippen LogP contribution in [0.3, 0.4) is 0 Å². The standard InChI is InChI=1S/C18H34N2O5/c1-5-6-7-8-12-15(21)19-13-10-9-11-14(16(22)23)20-17(24)25-18(2,3)4/h14H,5-13H2,1-4H3,(H,19,21)(H,20,24)(H,22,23)/t14-/m0/s1. The lowest BCUT2D eigenvalue weighted by Crippen LogP contribution is -2.43. The lowest BCUT2D eigenvalue weighted by molar-refractivity contribution is -0.139. The van der Waals surface area contributed by atoms with Gasteiger partial charge in [-0.15, -0.1) is 0 Å². The Labute approximate surface area is 150 Å². The van der Waals surface area contributed by atoms with Crippen molar-refractivity contribution in [3.63, 3.8) is 0 Å². The highest BCUT2D eigenvalue weighted by Gasteiger charge is 2.23. The van der Waals surface area contributed by atoms with Crippen LogP contribution < -0.4 is 10.6 Å². The average Bonchev–Trinajstić information content (AvgIpc) is 2.48. The minimum atomic E-state index is -1.09. The van der Waals surface area contributed by atoms with Gasteiger partial charge in [0.1, 0.15) is 11.6 Å². The number of aliphatic carboxylic acids is 1. The van der Waals surface area contributed by atoms with Crippen molar-refractivity contribution in [2.75, 3.05) is 6.54 Å². The Morgan fingerprint density at radius 1 is 1.04 bits per heavy atom. The van der Waals surface area contributed by atoms with Crippen LogP contribution in [0.1, 0.15) is 79.1 Å². The smallest absolute Gasteiger partial charge is 0.408 e. The Morgan fingerprint density at radius 2 is 1.72 bits per heavy atom. The van der Waals surface area contributed by atoms with E-state index in [-0.39, 0.29) is 5.91 Å². The predicted molar refractivity (Wildman–Crippen MR) is 96.4 cm³/mol. The van der Waals surface area contributed by atoms with Gasteiger partial charge in [-0.25, -0.2) is 9.59 Å². The minimum Gasteiger partial charge on any atom is -0.480 e. The van der Waals surface area contributed by atoms with Gasteiger partial charge in [-0.2, -0.15) is 0 Å². The number of unbranched alkanes of at least 4 members (excludes halogenated alkanes) is 4. The Kier molecular flexibility index (Phi) is 11.7. The molecule has 0 fully saturated rings. The number of amides is 2. The van der Waals surface area contributed by atoms with Crippen LogP contribution in [-0.4, -0.2) is 41.3 Å². The third kappa shape index (κ3) is 14.3. The van der Waals surface area contributed by atoms with Crippen LogP contribution in [-0.2, 0) is 14.3 Å². The second-order valence-corrected chi connectivity index (χ2v) is 7.19. The molecule has 0 saturated heterocycles. The van der Waals surface area contributed by atoms with Gasteiger partial charge in [-0.1, -0.05) is 26.2 Å². The quantitative estimate of drug-likeness (QED) is 0.465. The van der Waals surface area contributed by atoms with Crippen molar-refractivity contribution < 1.29 is 24.2 Å². The third-order valence-electron chi connectivity index (χ3n) is 3.49. The number of carboxylic acid groups (broad SMARTS) is 1. The highest BCUT2D eigenvalue weighted by Crippen LogP contribution is 2.08. The number of hydrogen-bond donors (Lipinski definition) is 3. The molecule has 1 atom stereocenters. The van der Waals surface area contributed by atoms with Crippen LogP contribution in [0.2, 0.25) is 0 Å². The van der Waals surface area contributed by atoms with Gasteiger partial charge in [0.2, 0.25) is 5.91 Å². The number of alkyl carbamates (subject to hydrolysis) is 1. The second-order valence-electron chi connectivity index (χ2n) is 7.19. The van der Waals surface area contributed by atoms with Gasteiger partial charge in [0.15, 0.2) is 0 Å². The van der Waals surface area contributed by atoms with E-state index in [2.05, 4.69) is 17.6 Å². The molecule has 7 heteroatoms. The van der Waals surface area contributed by atoms with Gasteiger partial charge in [0, 0.05) is 13.0 Å².